The number of ether oxygens (including phenoxy) is 2. The fourth-order valence-corrected chi connectivity index (χ4v) is 3.43. The first kappa shape index (κ1) is 19.3. The Balaban J connectivity index is 1.68. The number of thioether (sulfide) groups is 1. The molecule has 0 bridgehead atoms. The van der Waals surface area contributed by atoms with Gasteiger partial charge in [0.2, 0.25) is 11.8 Å². The molecule has 2 aliphatic rings. The highest BCUT2D eigenvalue weighted by molar-refractivity contribution is 8.04. The van der Waals surface area contributed by atoms with Crippen LogP contribution in [0, 0.1) is 5.41 Å². The number of anilines is 1. The summed E-state index contributed by atoms with van der Waals surface area (Å²) in [5, 5.41) is 3.27. The van der Waals surface area contributed by atoms with E-state index in [9.17, 15) is 14.4 Å². The third-order valence-corrected chi connectivity index (χ3v) is 5.06. The van der Waals surface area contributed by atoms with Crippen LogP contribution >= 0.6 is 11.8 Å². The van der Waals surface area contributed by atoms with Crippen LogP contribution in [0.4, 0.5) is 5.69 Å². The Labute approximate surface area is 162 Å². The van der Waals surface area contributed by atoms with E-state index < -0.39 is 5.41 Å². The molecule has 0 atom stereocenters. The van der Waals surface area contributed by atoms with E-state index in [1.54, 1.807) is 18.2 Å². The molecule has 1 saturated heterocycles. The molecule has 1 fully saturated rings. The topological polar surface area (TPSA) is 84.9 Å². The quantitative estimate of drug-likeness (QED) is 0.795. The second-order valence-electron chi connectivity index (χ2n) is 7.27. The number of fused-ring (bicyclic) bond motifs is 1. The van der Waals surface area contributed by atoms with E-state index in [1.165, 1.54) is 22.7 Å². The van der Waals surface area contributed by atoms with Gasteiger partial charge in [-0.1, -0.05) is 32.5 Å². The number of nitrogens with one attached hydrogen (secondary N) is 1. The molecule has 1 aromatic carbocycles. The molecule has 1 aromatic rings. The highest BCUT2D eigenvalue weighted by Crippen LogP contribution is 2.33. The average molecular weight is 390 g/mol. The molecule has 7 nitrogen and oxygen atoms in total. The van der Waals surface area contributed by atoms with Crippen molar-refractivity contribution in [2.24, 2.45) is 5.41 Å². The fraction of sp³-hybridized carbons (Fsp3) is 0.421. The molecule has 0 aromatic heterocycles. The molecule has 8 heteroatoms. The monoisotopic (exact) mass is 390 g/mol. The summed E-state index contributed by atoms with van der Waals surface area (Å²) in [5.41, 5.74) is 0.0121. The summed E-state index contributed by atoms with van der Waals surface area (Å²) in [5.74, 6) is 0.805. The van der Waals surface area contributed by atoms with E-state index in [-0.39, 0.29) is 29.9 Å². The third kappa shape index (κ3) is 4.63. The van der Waals surface area contributed by atoms with Gasteiger partial charge in [0.05, 0.1) is 10.8 Å². The van der Waals surface area contributed by atoms with Crippen molar-refractivity contribution in [3.8, 4) is 11.5 Å². The lowest BCUT2D eigenvalue weighted by Crippen LogP contribution is -2.34. The predicted octanol–water partition coefficient (Wildman–Crippen LogP) is 2.43. The summed E-state index contributed by atoms with van der Waals surface area (Å²) in [4.78, 5) is 38.1. The molecule has 0 saturated carbocycles. The Hall–Kier alpha value is -2.48. The van der Waals surface area contributed by atoms with Gasteiger partial charge in [0, 0.05) is 23.2 Å². The SMILES string of the molecule is CC(C)(C)C(=O)C=C1SCC(=O)N1CC(=O)Nc1ccc2c(c1)OCCO2. The van der Waals surface area contributed by atoms with Crippen molar-refractivity contribution in [1.29, 1.82) is 0 Å². The van der Waals surface area contributed by atoms with Gasteiger partial charge in [-0.05, 0) is 12.1 Å². The van der Waals surface area contributed by atoms with E-state index >= 15 is 0 Å². The van der Waals surface area contributed by atoms with Crippen molar-refractivity contribution < 1.29 is 23.9 Å². The summed E-state index contributed by atoms with van der Waals surface area (Å²) in [6.45, 7) is 6.24. The van der Waals surface area contributed by atoms with E-state index in [0.717, 1.165) is 0 Å². The molecule has 2 aliphatic heterocycles. The zero-order valence-electron chi connectivity index (χ0n) is 15.5. The predicted molar refractivity (Wildman–Crippen MR) is 103 cm³/mol. The van der Waals surface area contributed by atoms with Crippen LogP contribution in [0.5, 0.6) is 11.5 Å². The first-order valence-electron chi connectivity index (χ1n) is 8.63. The van der Waals surface area contributed by atoms with Crippen LogP contribution in [0.15, 0.2) is 29.3 Å². The van der Waals surface area contributed by atoms with Crippen molar-refractivity contribution in [3.05, 3.63) is 29.3 Å². The maximum absolute atomic E-state index is 12.4. The summed E-state index contributed by atoms with van der Waals surface area (Å²) in [6.07, 6.45) is 1.45. The van der Waals surface area contributed by atoms with Gasteiger partial charge in [-0.2, -0.15) is 0 Å². The lowest BCUT2D eigenvalue weighted by atomic mass is 9.91. The van der Waals surface area contributed by atoms with Gasteiger partial charge >= 0.3 is 0 Å². The second kappa shape index (κ2) is 7.64. The highest BCUT2D eigenvalue weighted by atomic mass is 32.2. The van der Waals surface area contributed by atoms with Gasteiger partial charge in [-0.3, -0.25) is 19.3 Å². The molecule has 0 radical (unpaired) electrons. The maximum Gasteiger partial charge on any atom is 0.244 e. The minimum Gasteiger partial charge on any atom is -0.486 e. The molecule has 3 rings (SSSR count). The van der Waals surface area contributed by atoms with Crippen LogP contribution in [-0.2, 0) is 14.4 Å². The van der Waals surface area contributed by atoms with E-state index in [0.29, 0.717) is 35.4 Å². The van der Waals surface area contributed by atoms with Crippen molar-refractivity contribution in [1.82, 2.24) is 4.90 Å². The molecule has 2 heterocycles. The number of carbonyl (C=O) groups excluding carboxylic acids is 3. The highest BCUT2D eigenvalue weighted by Gasteiger charge is 2.30. The van der Waals surface area contributed by atoms with Crippen molar-refractivity contribution in [3.63, 3.8) is 0 Å². The van der Waals surface area contributed by atoms with Crippen molar-refractivity contribution in [2.45, 2.75) is 20.8 Å². The van der Waals surface area contributed by atoms with Crippen molar-refractivity contribution >= 4 is 35.0 Å². The summed E-state index contributed by atoms with van der Waals surface area (Å²) in [6, 6.07) is 5.13. The lowest BCUT2D eigenvalue weighted by molar-refractivity contribution is -0.129. The summed E-state index contributed by atoms with van der Waals surface area (Å²) < 4.78 is 10.9. The van der Waals surface area contributed by atoms with E-state index in [2.05, 4.69) is 5.32 Å². The Bertz CT molecular complexity index is 813. The molecule has 0 aliphatic carbocycles. The van der Waals surface area contributed by atoms with Gasteiger partial charge in [0.15, 0.2) is 17.3 Å². The van der Waals surface area contributed by atoms with Crippen LogP contribution in [0.25, 0.3) is 0 Å². The van der Waals surface area contributed by atoms with E-state index in [1.807, 2.05) is 20.8 Å². The van der Waals surface area contributed by atoms with Gasteiger partial charge in [0.25, 0.3) is 0 Å². The van der Waals surface area contributed by atoms with Crippen LogP contribution in [0.2, 0.25) is 0 Å². The number of benzene rings is 1. The van der Waals surface area contributed by atoms with E-state index in [4.69, 9.17) is 9.47 Å². The number of nitrogens with zero attached hydrogens (tertiary/aromatic N) is 1. The Morgan fingerprint density at radius 1 is 1.22 bits per heavy atom. The van der Waals surface area contributed by atoms with Gasteiger partial charge in [0.1, 0.15) is 19.8 Å². The number of allylic oxidation sites excluding steroid dienone is 1. The van der Waals surface area contributed by atoms with Crippen LogP contribution < -0.4 is 14.8 Å². The first-order valence-corrected chi connectivity index (χ1v) is 9.61. The molecular formula is C19H22N2O5S. The Kier molecular flexibility index (Phi) is 5.46. The number of amides is 2. The normalized spacial score (nSPS) is 18.0. The first-order chi connectivity index (χ1) is 12.7. The second-order valence-corrected chi connectivity index (χ2v) is 8.27. The van der Waals surface area contributed by atoms with Gasteiger partial charge < -0.3 is 14.8 Å². The molecule has 144 valence electrons. The number of hydrogen-bond donors (Lipinski definition) is 1. The number of hydrogen-bond acceptors (Lipinski definition) is 6. The maximum atomic E-state index is 12.4. The molecule has 0 unspecified atom stereocenters. The average Bonchev–Trinajstić information content (AvgIpc) is 2.94. The molecular weight excluding hydrogens is 368 g/mol. The van der Waals surface area contributed by atoms with Crippen molar-refractivity contribution in [2.75, 3.05) is 30.8 Å². The largest absolute Gasteiger partial charge is 0.486 e. The lowest BCUT2D eigenvalue weighted by Gasteiger charge is -2.20. The molecule has 2 amide bonds. The minimum absolute atomic E-state index is 0.0862. The zero-order valence-corrected chi connectivity index (χ0v) is 16.4. The molecule has 1 N–H and O–H groups in total. The third-order valence-electron chi connectivity index (χ3n) is 4.03. The zero-order chi connectivity index (χ0) is 19.6. The Morgan fingerprint density at radius 2 is 1.93 bits per heavy atom. The van der Waals surface area contributed by atoms with Crippen LogP contribution in [0.1, 0.15) is 20.8 Å². The Morgan fingerprint density at radius 3 is 2.63 bits per heavy atom. The number of ketones is 1. The smallest absolute Gasteiger partial charge is 0.244 e. The number of rotatable bonds is 4. The summed E-state index contributed by atoms with van der Waals surface area (Å²) >= 11 is 1.27. The minimum atomic E-state index is -0.543. The number of carbonyl (C=O) groups is 3. The fourth-order valence-electron chi connectivity index (χ4n) is 2.49. The standard InChI is InChI=1S/C19H22N2O5S/c1-19(2,3)15(22)9-18-21(17(24)11-27-18)10-16(23)20-12-4-5-13-14(8-12)26-7-6-25-13/h4-5,8-9H,6-7,10-11H2,1-3H3,(H,20,23). The van der Waals surface area contributed by atoms with Gasteiger partial charge in [-0.25, -0.2) is 0 Å². The summed E-state index contributed by atoms with van der Waals surface area (Å²) in [7, 11) is 0. The van der Waals surface area contributed by atoms with Crippen LogP contribution in [0.3, 0.4) is 0 Å². The molecule has 0 spiro atoms. The van der Waals surface area contributed by atoms with Crippen LogP contribution in [-0.4, -0.2) is 48.0 Å². The van der Waals surface area contributed by atoms with Gasteiger partial charge in [-0.15, -0.1) is 0 Å². The molecule has 27 heavy (non-hydrogen) atoms.